The van der Waals surface area contributed by atoms with E-state index in [4.69, 9.17) is 4.98 Å². The van der Waals surface area contributed by atoms with Crippen LogP contribution in [0.3, 0.4) is 0 Å². The van der Waals surface area contributed by atoms with E-state index in [0.717, 1.165) is 17.8 Å². The molecule has 0 atom stereocenters. The molecule has 2 nitrogen and oxygen atoms in total. The van der Waals surface area contributed by atoms with Crippen molar-refractivity contribution < 1.29 is 0 Å². The number of hydrogen-bond donors (Lipinski definition) is 0. The summed E-state index contributed by atoms with van der Waals surface area (Å²) in [5, 5.41) is 2.51. The molecule has 6 aromatic rings. The number of aryl methyl sites for hydroxylation is 1. The molecular weight excluding hydrogens is 432 g/mol. The highest BCUT2D eigenvalue weighted by Crippen LogP contribution is 2.47. The van der Waals surface area contributed by atoms with Gasteiger partial charge in [0, 0.05) is 21.8 Å². The highest BCUT2D eigenvalue weighted by Gasteiger charge is 2.25. The fraction of sp³-hybridized carbons (Fsp3) is 0.0645. The Hall–Kier alpha value is -3.82. The minimum atomic E-state index is 0.895. The molecular formula is C31H22N2S. The topological polar surface area (TPSA) is 17.8 Å². The Morgan fingerprint density at radius 3 is 2.24 bits per heavy atom. The summed E-state index contributed by atoms with van der Waals surface area (Å²) in [6, 6.07) is 37.3. The maximum absolute atomic E-state index is 4.97. The van der Waals surface area contributed by atoms with Crippen molar-refractivity contribution in [2.45, 2.75) is 23.1 Å². The average molecular weight is 455 g/mol. The van der Waals surface area contributed by atoms with Crippen LogP contribution in [0.4, 0.5) is 0 Å². The summed E-state index contributed by atoms with van der Waals surface area (Å²) in [5.41, 5.74) is 8.55. The number of rotatable bonds is 3. The van der Waals surface area contributed by atoms with Gasteiger partial charge in [-0.2, -0.15) is 0 Å². The summed E-state index contributed by atoms with van der Waals surface area (Å²) >= 11 is 1.85. The Bertz CT molecular complexity index is 1710. The molecule has 1 aliphatic rings. The van der Waals surface area contributed by atoms with E-state index in [0.29, 0.717) is 0 Å². The lowest BCUT2D eigenvalue weighted by Crippen LogP contribution is -2.07. The van der Waals surface area contributed by atoms with Gasteiger partial charge in [0.1, 0.15) is 5.82 Å². The molecule has 1 aromatic heterocycles. The van der Waals surface area contributed by atoms with Crippen molar-refractivity contribution in [2.24, 2.45) is 0 Å². The van der Waals surface area contributed by atoms with Crippen molar-refractivity contribution in [1.29, 1.82) is 0 Å². The molecule has 0 spiro atoms. The quantitative estimate of drug-likeness (QED) is 0.266. The molecule has 0 radical (unpaired) electrons. The number of nitrogens with zero attached hydrogens (tertiary/aromatic N) is 2. The van der Waals surface area contributed by atoms with Crippen molar-refractivity contribution in [3.8, 4) is 27.9 Å². The molecule has 0 aliphatic carbocycles. The molecule has 0 saturated carbocycles. The lowest BCUT2D eigenvalue weighted by Gasteiger charge is -2.23. The molecule has 5 aromatic carbocycles. The van der Waals surface area contributed by atoms with Crippen LogP contribution >= 0.6 is 11.8 Å². The van der Waals surface area contributed by atoms with E-state index < -0.39 is 0 Å². The molecule has 162 valence electrons. The van der Waals surface area contributed by atoms with Gasteiger partial charge in [-0.15, -0.1) is 0 Å². The number of hydrogen-bond acceptors (Lipinski definition) is 2. The number of benzene rings is 5. The first kappa shape index (κ1) is 19.6. The number of fused-ring (bicyclic) bond motifs is 3. The second kappa shape index (κ2) is 7.61. The second-order valence-corrected chi connectivity index (χ2v) is 9.82. The third-order valence-corrected chi connectivity index (χ3v) is 7.82. The summed E-state index contributed by atoms with van der Waals surface area (Å²) in [6.07, 6.45) is 0.895. The monoisotopic (exact) mass is 454 g/mol. The van der Waals surface area contributed by atoms with E-state index in [-0.39, 0.29) is 0 Å². The average Bonchev–Trinajstić information content (AvgIpc) is 3.28. The molecule has 1 aliphatic heterocycles. The van der Waals surface area contributed by atoms with E-state index in [9.17, 15) is 0 Å². The predicted octanol–water partition coefficient (Wildman–Crippen LogP) is 8.54. The van der Waals surface area contributed by atoms with Gasteiger partial charge in [0.25, 0.3) is 0 Å². The van der Waals surface area contributed by atoms with Crippen LogP contribution in [-0.4, -0.2) is 9.55 Å². The lowest BCUT2D eigenvalue weighted by molar-refractivity contribution is 0.889. The minimum Gasteiger partial charge on any atom is -0.293 e. The van der Waals surface area contributed by atoms with Crippen molar-refractivity contribution in [1.82, 2.24) is 9.55 Å². The van der Waals surface area contributed by atoms with Gasteiger partial charge in [-0.3, -0.25) is 4.57 Å². The van der Waals surface area contributed by atoms with E-state index in [1.165, 1.54) is 54.0 Å². The highest BCUT2D eigenvalue weighted by molar-refractivity contribution is 7.99. The Kier molecular flexibility index (Phi) is 4.39. The molecule has 7 rings (SSSR count). The van der Waals surface area contributed by atoms with Gasteiger partial charge in [-0.05, 0) is 57.8 Å². The Labute approximate surface area is 202 Å². The summed E-state index contributed by atoms with van der Waals surface area (Å²) in [7, 11) is 0. The molecule has 0 N–H and O–H groups in total. The third-order valence-electron chi connectivity index (χ3n) is 6.73. The normalized spacial score (nSPS) is 12.3. The Balaban J connectivity index is 1.42. The molecule has 2 heterocycles. The van der Waals surface area contributed by atoms with E-state index in [2.05, 4.69) is 115 Å². The molecule has 34 heavy (non-hydrogen) atoms. The molecule has 0 unspecified atom stereocenters. The Morgan fingerprint density at radius 2 is 1.41 bits per heavy atom. The van der Waals surface area contributed by atoms with Crippen LogP contribution in [-0.2, 0) is 6.42 Å². The molecule has 0 amide bonds. The number of imidazole rings is 1. The van der Waals surface area contributed by atoms with Crippen molar-refractivity contribution in [2.75, 3.05) is 0 Å². The van der Waals surface area contributed by atoms with Crippen molar-refractivity contribution in [3.63, 3.8) is 0 Å². The maximum atomic E-state index is 4.97. The fourth-order valence-corrected chi connectivity index (χ4v) is 6.23. The summed E-state index contributed by atoms with van der Waals surface area (Å²) in [5.74, 6) is 1.12. The first-order valence-corrected chi connectivity index (χ1v) is 12.5. The van der Waals surface area contributed by atoms with Crippen LogP contribution in [0.25, 0.3) is 49.7 Å². The predicted molar refractivity (Wildman–Crippen MR) is 143 cm³/mol. The molecule has 3 heteroatoms. The highest BCUT2D eigenvalue weighted by atomic mass is 32.2. The summed E-state index contributed by atoms with van der Waals surface area (Å²) in [4.78, 5) is 7.54. The van der Waals surface area contributed by atoms with Gasteiger partial charge in [-0.25, -0.2) is 4.98 Å². The van der Waals surface area contributed by atoms with Gasteiger partial charge in [0.05, 0.1) is 16.7 Å². The largest absolute Gasteiger partial charge is 0.293 e. The first-order chi connectivity index (χ1) is 16.8. The molecule has 0 fully saturated rings. The third kappa shape index (κ3) is 2.94. The summed E-state index contributed by atoms with van der Waals surface area (Å²) in [6.45, 7) is 2.19. The SMILES string of the molecule is CCc1nc2cccc3c2n1-c1c(cccc1-c1ccc2cc(-c4ccccc4)ccc2c1)S3. The van der Waals surface area contributed by atoms with Crippen LogP contribution in [0.5, 0.6) is 0 Å². The summed E-state index contributed by atoms with van der Waals surface area (Å²) < 4.78 is 2.40. The van der Waals surface area contributed by atoms with E-state index in [1.807, 2.05) is 11.8 Å². The van der Waals surface area contributed by atoms with Crippen LogP contribution < -0.4 is 0 Å². The minimum absolute atomic E-state index is 0.895. The van der Waals surface area contributed by atoms with E-state index >= 15 is 0 Å². The standard InChI is InChI=1S/C31H22N2S/c1-2-29-32-26-11-7-13-28-31(26)33(29)30-25(10-6-12-27(30)34-28)24-17-16-22-18-21(14-15-23(22)19-24)20-8-4-3-5-9-20/h3-19H,2H2,1H3. The smallest absolute Gasteiger partial charge is 0.114 e. The van der Waals surface area contributed by atoms with Gasteiger partial charge in [0.2, 0.25) is 0 Å². The van der Waals surface area contributed by atoms with Gasteiger partial charge in [0.15, 0.2) is 0 Å². The van der Waals surface area contributed by atoms with Gasteiger partial charge < -0.3 is 0 Å². The van der Waals surface area contributed by atoms with Crippen LogP contribution in [0, 0.1) is 0 Å². The zero-order valence-corrected chi connectivity index (χ0v) is 19.6. The molecule has 0 saturated heterocycles. The molecule has 0 bridgehead atoms. The second-order valence-electron chi connectivity index (χ2n) is 8.74. The van der Waals surface area contributed by atoms with Crippen molar-refractivity contribution in [3.05, 3.63) is 109 Å². The van der Waals surface area contributed by atoms with Crippen molar-refractivity contribution >= 4 is 33.6 Å². The first-order valence-electron chi connectivity index (χ1n) is 11.7. The number of aromatic nitrogens is 2. The lowest BCUT2D eigenvalue weighted by atomic mass is 9.97. The van der Waals surface area contributed by atoms with Gasteiger partial charge in [-0.1, -0.05) is 91.5 Å². The van der Waals surface area contributed by atoms with Gasteiger partial charge >= 0.3 is 0 Å². The fourth-order valence-electron chi connectivity index (χ4n) is 5.11. The van der Waals surface area contributed by atoms with Crippen LogP contribution in [0.2, 0.25) is 0 Å². The maximum Gasteiger partial charge on any atom is 0.114 e. The zero-order chi connectivity index (χ0) is 22.6. The van der Waals surface area contributed by atoms with Crippen LogP contribution in [0.1, 0.15) is 12.7 Å². The Morgan fingerprint density at radius 1 is 0.676 bits per heavy atom. The van der Waals surface area contributed by atoms with E-state index in [1.54, 1.807) is 0 Å². The van der Waals surface area contributed by atoms with Crippen LogP contribution in [0.15, 0.2) is 113 Å². The zero-order valence-electron chi connectivity index (χ0n) is 18.8. The number of para-hydroxylation sites is 2.